The number of rotatable bonds is 11. The van der Waals surface area contributed by atoms with Crippen LogP contribution in [0.15, 0.2) is 21.9 Å². The van der Waals surface area contributed by atoms with Gasteiger partial charge in [0.25, 0.3) is 5.56 Å². The monoisotopic (exact) mass is 368 g/mol. The number of aromatic amines is 1. The Morgan fingerprint density at radius 3 is 2.46 bits per heavy atom. The lowest BCUT2D eigenvalue weighted by molar-refractivity contribution is -0.214. The highest BCUT2D eigenvalue weighted by Gasteiger charge is 2.24. The van der Waals surface area contributed by atoms with Crippen LogP contribution in [0.1, 0.15) is 6.23 Å². The maximum Gasteiger partial charge on any atom is 0.353 e. The number of aromatic nitrogens is 2. The van der Waals surface area contributed by atoms with Gasteiger partial charge in [-0.15, -0.1) is 0 Å². The van der Waals surface area contributed by atoms with Gasteiger partial charge in [-0.3, -0.25) is 18.9 Å². The number of methoxy groups -OCH3 is 2. The average molecular weight is 368 g/mol. The minimum absolute atomic E-state index is 0.0451. The van der Waals surface area contributed by atoms with Crippen LogP contribution in [-0.2, 0) is 28.0 Å². The predicted octanol–water partition coefficient (Wildman–Crippen LogP) is -0.523. The van der Waals surface area contributed by atoms with E-state index in [1.807, 2.05) is 0 Å². The third-order valence-corrected chi connectivity index (χ3v) is 3.84. The summed E-state index contributed by atoms with van der Waals surface area (Å²) in [5.74, 6) is 0. The molecule has 0 aliphatic heterocycles. The zero-order valence-electron chi connectivity index (χ0n) is 13.5. The third kappa shape index (κ3) is 6.65. The molecule has 0 aromatic carbocycles. The third-order valence-electron chi connectivity index (χ3n) is 2.79. The summed E-state index contributed by atoms with van der Waals surface area (Å²) in [4.78, 5) is 34.4. The van der Waals surface area contributed by atoms with Crippen molar-refractivity contribution in [3.05, 3.63) is 33.1 Å². The van der Waals surface area contributed by atoms with Crippen molar-refractivity contribution in [2.45, 2.75) is 12.5 Å². The SMILES string of the molecule is COC[C@@H](OCP(=O)(O)OC)O[C@H](COC)n1ccc(=O)[nH]c1=O. The van der Waals surface area contributed by atoms with Crippen molar-refractivity contribution < 1.29 is 32.9 Å². The molecule has 12 heteroatoms. The largest absolute Gasteiger partial charge is 0.380 e. The van der Waals surface area contributed by atoms with Crippen molar-refractivity contribution in [1.29, 1.82) is 0 Å². The number of hydrogen-bond donors (Lipinski definition) is 2. The van der Waals surface area contributed by atoms with E-state index in [2.05, 4.69) is 9.51 Å². The molecular weight excluding hydrogens is 347 g/mol. The van der Waals surface area contributed by atoms with Gasteiger partial charge in [-0.25, -0.2) is 4.79 Å². The predicted molar refractivity (Wildman–Crippen MR) is 81.8 cm³/mol. The fraction of sp³-hybridized carbons (Fsp3) is 0.667. The zero-order valence-corrected chi connectivity index (χ0v) is 14.4. The normalized spacial score (nSPS) is 16.5. The average Bonchev–Trinajstić information content (AvgIpc) is 2.52. The minimum Gasteiger partial charge on any atom is -0.380 e. The van der Waals surface area contributed by atoms with Crippen molar-refractivity contribution in [2.75, 3.05) is 40.9 Å². The molecule has 0 aliphatic carbocycles. The Bertz CT molecular complexity index is 658. The first-order valence-electron chi connectivity index (χ1n) is 6.77. The van der Waals surface area contributed by atoms with Crippen LogP contribution >= 0.6 is 7.60 Å². The van der Waals surface area contributed by atoms with Gasteiger partial charge in [-0.1, -0.05) is 0 Å². The van der Waals surface area contributed by atoms with Gasteiger partial charge in [0.1, 0.15) is 0 Å². The van der Waals surface area contributed by atoms with E-state index in [9.17, 15) is 19.0 Å². The Labute approximate surface area is 137 Å². The smallest absolute Gasteiger partial charge is 0.353 e. The first kappa shape index (κ1) is 20.7. The quantitative estimate of drug-likeness (QED) is 0.390. The summed E-state index contributed by atoms with van der Waals surface area (Å²) in [6.07, 6.45) is -1.43. The molecule has 11 nitrogen and oxygen atoms in total. The molecule has 0 bridgehead atoms. The van der Waals surface area contributed by atoms with E-state index in [4.69, 9.17) is 18.9 Å². The highest BCUT2D eigenvalue weighted by atomic mass is 31.2. The minimum atomic E-state index is -3.90. The lowest BCUT2D eigenvalue weighted by Crippen LogP contribution is -2.37. The molecule has 0 fully saturated rings. The second-order valence-corrected chi connectivity index (χ2v) is 6.46. The first-order chi connectivity index (χ1) is 11.3. The molecule has 24 heavy (non-hydrogen) atoms. The highest BCUT2D eigenvalue weighted by molar-refractivity contribution is 7.52. The number of nitrogens with zero attached hydrogens (tertiary/aromatic N) is 1. The number of H-pyrrole nitrogens is 1. The van der Waals surface area contributed by atoms with Crippen LogP contribution in [-0.4, -0.2) is 61.6 Å². The summed E-state index contributed by atoms with van der Waals surface area (Å²) in [6, 6.07) is 1.15. The van der Waals surface area contributed by atoms with Crippen LogP contribution < -0.4 is 11.2 Å². The van der Waals surface area contributed by atoms with Crippen LogP contribution in [0.2, 0.25) is 0 Å². The number of nitrogens with one attached hydrogen (secondary N) is 1. The Morgan fingerprint density at radius 1 is 1.25 bits per heavy atom. The standard InChI is InChI=1S/C12H21N2O9P/c1-19-6-10(14-5-4-9(15)13-12(14)16)23-11(7-20-2)22-8-24(17,18)21-3/h4-5,10-11H,6-8H2,1-3H3,(H,17,18)(H,13,15,16)/t10-,11+/m1/s1. The molecule has 138 valence electrons. The molecule has 1 aromatic rings. The van der Waals surface area contributed by atoms with Crippen LogP contribution in [0.25, 0.3) is 0 Å². The fourth-order valence-corrected chi connectivity index (χ4v) is 2.11. The maximum absolute atomic E-state index is 11.9. The number of ether oxygens (including phenoxy) is 4. The Balaban J connectivity index is 2.91. The van der Waals surface area contributed by atoms with E-state index in [-0.39, 0.29) is 13.2 Å². The zero-order chi connectivity index (χ0) is 18.2. The van der Waals surface area contributed by atoms with E-state index in [0.29, 0.717) is 0 Å². The van der Waals surface area contributed by atoms with Gasteiger partial charge in [0.15, 0.2) is 18.9 Å². The van der Waals surface area contributed by atoms with E-state index in [1.165, 1.54) is 20.4 Å². The molecule has 1 heterocycles. The molecule has 1 rings (SSSR count). The van der Waals surface area contributed by atoms with Crippen LogP contribution in [0.4, 0.5) is 0 Å². The summed E-state index contributed by atoms with van der Waals surface area (Å²) in [7, 11) is -0.0536. The fourth-order valence-electron chi connectivity index (χ4n) is 1.65. The molecule has 1 unspecified atom stereocenters. The summed E-state index contributed by atoms with van der Waals surface area (Å²) < 4.78 is 37.6. The van der Waals surface area contributed by atoms with Crippen molar-refractivity contribution in [1.82, 2.24) is 9.55 Å². The van der Waals surface area contributed by atoms with Crippen molar-refractivity contribution in [3.63, 3.8) is 0 Å². The molecular formula is C12H21N2O9P. The van der Waals surface area contributed by atoms with Gasteiger partial charge in [-0.05, 0) is 0 Å². The molecule has 3 atom stereocenters. The Hall–Kier alpha value is -1.33. The summed E-state index contributed by atoms with van der Waals surface area (Å²) in [5, 5.41) is 0. The molecule has 0 saturated carbocycles. The van der Waals surface area contributed by atoms with E-state index in [0.717, 1.165) is 17.7 Å². The molecule has 2 N–H and O–H groups in total. The van der Waals surface area contributed by atoms with Crippen LogP contribution in [0, 0.1) is 0 Å². The van der Waals surface area contributed by atoms with Crippen molar-refractivity contribution >= 4 is 7.60 Å². The Morgan fingerprint density at radius 2 is 1.92 bits per heavy atom. The van der Waals surface area contributed by atoms with Gasteiger partial charge in [0.05, 0.1) is 13.2 Å². The maximum atomic E-state index is 11.9. The van der Waals surface area contributed by atoms with Crippen molar-refractivity contribution in [3.8, 4) is 0 Å². The molecule has 0 amide bonds. The van der Waals surface area contributed by atoms with Gasteiger partial charge in [0, 0.05) is 33.6 Å². The Kier molecular flexibility index (Phi) is 8.50. The lowest BCUT2D eigenvalue weighted by Gasteiger charge is -2.25. The van der Waals surface area contributed by atoms with Gasteiger partial charge >= 0.3 is 13.3 Å². The molecule has 0 spiro atoms. The summed E-state index contributed by atoms with van der Waals surface area (Å²) in [6.45, 7) is -0.126. The van der Waals surface area contributed by atoms with Crippen LogP contribution in [0.3, 0.4) is 0 Å². The molecule has 1 aromatic heterocycles. The van der Waals surface area contributed by atoms with E-state index >= 15 is 0 Å². The highest BCUT2D eigenvalue weighted by Crippen LogP contribution is 2.40. The van der Waals surface area contributed by atoms with E-state index in [1.54, 1.807) is 0 Å². The molecule has 0 radical (unpaired) electrons. The van der Waals surface area contributed by atoms with Gasteiger partial charge in [-0.2, -0.15) is 0 Å². The van der Waals surface area contributed by atoms with E-state index < -0.39 is 37.7 Å². The molecule has 0 saturated heterocycles. The second-order valence-electron chi connectivity index (χ2n) is 4.56. The summed E-state index contributed by atoms with van der Waals surface area (Å²) >= 11 is 0. The summed E-state index contributed by atoms with van der Waals surface area (Å²) in [5.41, 5.74) is -1.26. The van der Waals surface area contributed by atoms with Gasteiger partial charge < -0.3 is 28.4 Å². The topological polar surface area (TPSA) is 138 Å². The lowest BCUT2D eigenvalue weighted by atomic mass is 10.5. The second kappa shape index (κ2) is 9.84. The first-order valence-corrected chi connectivity index (χ1v) is 8.53. The molecule has 0 aliphatic rings. The van der Waals surface area contributed by atoms with Gasteiger partial charge in [0.2, 0.25) is 0 Å². The number of hydrogen-bond acceptors (Lipinski definition) is 8. The van der Waals surface area contributed by atoms with Crippen molar-refractivity contribution in [2.24, 2.45) is 0 Å². The van der Waals surface area contributed by atoms with Crippen LogP contribution in [0.5, 0.6) is 0 Å².